The Morgan fingerprint density at radius 3 is 2.44 bits per heavy atom. The fourth-order valence-corrected chi connectivity index (χ4v) is 5.23. The van der Waals surface area contributed by atoms with Crippen molar-refractivity contribution in [2.24, 2.45) is 0 Å². The maximum atomic E-state index is 14.4. The number of alkyl halides is 2. The molecule has 0 saturated heterocycles. The molecule has 0 unspecified atom stereocenters. The number of aromatic nitrogens is 6. The van der Waals surface area contributed by atoms with E-state index in [-0.39, 0.29) is 29.6 Å². The van der Waals surface area contributed by atoms with Crippen LogP contribution in [0.15, 0.2) is 41.7 Å². The van der Waals surface area contributed by atoms with Crippen LogP contribution in [0.5, 0.6) is 0 Å². The van der Waals surface area contributed by atoms with Crippen molar-refractivity contribution in [2.45, 2.75) is 64.3 Å². The molecule has 4 aromatic rings. The second-order valence-electron chi connectivity index (χ2n) is 9.28. The molecule has 0 aliphatic heterocycles. The Balaban J connectivity index is 1.52. The molecule has 5 rings (SSSR count). The quantitative estimate of drug-likeness (QED) is 0.356. The number of fused-ring (bicyclic) bond motifs is 1. The molecule has 0 spiro atoms. The monoisotopic (exact) mass is 494 g/mol. The second-order valence-corrected chi connectivity index (χ2v) is 9.28. The fourth-order valence-electron chi connectivity index (χ4n) is 5.23. The minimum Gasteiger partial charge on any atom is -0.285 e. The Morgan fingerprint density at radius 1 is 1.00 bits per heavy atom. The van der Waals surface area contributed by atoms with Crippen molar-refractivity contribution in [2.75, 3.05) is 0 Å². The summed E-state index contributed by atoms with van der Waals surface area (Å²) in [4.78, 5) is 34.3. The van der Waals surface area contributed by atoms with Gasteiger partial charge in [0.05, 0.1) is 17.9 Å². The van der Waals surface area contributed by atoms with Crippen molar-refractivity contribution in [3.8, 4) is 0 Å². The van der Waals surface area contributed by atoms with Gasteiger partial charge in [0, 0.05) is 35.9 Å². The number of hydrogen-bond acceptors (Lipinski definition) is 6. The van der Waals surface area contributed by atoms with Gasteiger partial charge in [-0.15, -0.1) is 0 Å². The highest BCUT2D eigenvalue weighted by Crippen LogP contribution is 2.41. The second kappa shape index (κ2) is 9.75. The van der Waals surface area contributed by atoms with Crippen molar-refractivity contribution < 1.29 is 13.2 Å². The maximum absolute atomic E-state index is 14.4. The van der Waals surface area contributed by atoms with Crippen LogP contribution in [0.1, 0.15) is 77.7 Å². The van der Waals surface area contributed by atoms with Gasteiger partial charge in [0.1, 0.15) is 11.2 Å². The van der Waals surface area contributed by atoms with E-state index in [1.165, 1.54) is 23.2 Å². The van der Waals surface area contributed by atoms with Crippen LogP contribution in [-0.4, -0.2) is 29.5 Å². The van der Waals surface area contributed by atoms with Gasteiger partial charge in [0.25, 0.3) is 12.0 Å². The predicted molar refractivity (Wildman–Crippen MR) is 128 cm³/mol. The Labute approximate surface area is 205 Å². The first kappa shape index (κ1) is 24.0. The number of rotatable bonds is 5. The van der Waals surface area contributed by atoms with Crippen LogP contribution in [0.25, 0.3) is 11.2 Å². The van der Waals surface area contributed by atoms with Crippen LogP contribution in [0.4, 0.5) is 13.2 Å². The lowest BCUT2D eigenvalue weighted by Crippen LogP contribution is -2.29. The number of halogens is 3. The van der Waals surface area contributed by atoms with Crippen molar-refractivity contribution in [3.05, 3.63) is 87.0 Å². The molecule has 0 aromatic carbocycles. The molecule has 0 radical (unpaired) electrons. The molecule has 186 valence electrons. The third-order valence-corrected chi connectivity index (χ3v) is 7.00. The van der Waals surface area contributed by atoms with Crippen molar-refractivity contribution in [1.82, 2.24) is 29.5 Å². The largest absolute Gasteiger partial charge is 0.285 e. The fraction of sp³-hybridized carbons (Fsp3) is 0.385. The highest BCUT2D eigenvalue weighted by Gasteiger charge is 2.29. The smallest absolute Gasteiger partial charge is 0.282 e. The number of pyridine rings is 2. The minimum atomic E-state index is -2.82. The SMILES string of the molecule is Cc1cnc2cc([C@H]3CC[C@@H](c4c(C)ccnc4F)CC3)c(=O)n(Cc3nccnc3C(F)F)c2n1. The molecule has 0 amide bonds. The maximum Gasteiger partial charge on any atom is 0.282 e. The molecule has 10 heteroatoms. The molecule has 1 aliphatic rings. The van der Waals surface area contributed by atoms with Crippen LogP contribution in [0.2, 0.25) is 0 Å². The highest BCUT2D eigenvalue weighted by atomic mass is 19.3. The normalized spacial score (nSPS) is 18.2. The molecule has 4 aromatic heterocycles. The van der Waals surface area contributed by atoms with Gasteiger partial charge in [-0.1, -0.05) is 0 Å². The first-order valence-electron chi connectivity index (χ1n) is 11.9. The van der Waals surface area contributed by atoms with Gasteiger partial charge in [-0.3, -0.25) is 24.3 Å². The molecule has 0 bridgehead atoms. The Morgan fingerprint density at radius 2 is 1.72 bits per heavy atom. The molecule has 1 aliphatic carbocycles. The van der Waals surface area contributed by atoms with E-state index in [1.807, 2.05) is 13.0 Å². The Bertz CT molecular complexity index is 1460. The zero-order valence-corrected chi connectivity index (χ0v) is 20.0. The van der Waals surface area contributed by atoms with Crippen LogP contribution < -0.4 is 5.56 Å². The molecule has 1 fully saturated rings. The van der Waals surface area contributed by atoms with E-state index in [1.54, 1.807) is 19.2 Å². The summed E-state index contributed by atoms with van der Waals surface area (Å²) in [6.45, 7) is 3.45. The van der Waals surface area contributed by atoms with E-state index in [0.717, 1.165) is 5.56 Å². The third kappa shape index (κ3) is 4.47. The summed E-state index contributed by atoms with van der Waals surface area (Å²) in [5.74, 6) is -0.465. The van der Waals surface area contributed by atoms with Crippen LogP contribution in [0, 0.1) is 19.8 Å². The van der Waals surface area contributed by atoms with Gasteiger partial charge in [0.15, 0.2) is 5.65 Å². The topological polar surface area (TPSA) is 86.5 Å². The van der Waals surface area contributed by atoms with Crippen LogP contribution in [-0.2, 0) is 6.54 Å². The van der Waals surface area contributed by atoms with Gasteiger partial charge < -0.3 is 0 Å². The highest BCUT2D eigenvalue weighted by molar-refractivity contribution is 5.71. The average molecular weight is 495 g/mol. The summed E-state index contributed by atoms with van der Waals surface area (Å²) < 4.78 is 42.9. The molecule has 1 saturated carbocycles. The Kier molecular flexibility index (Phi) is 6.51. The average Bonchev–Trinajstić information content (AvgIpc) is 2.86. The minimum absolute atomic E-state index is 0.0163. The van der Waals surface area contributed by atoms with E-state index in [0.29, 0.717) is 53.7 Å². The lowest BCUT2D eigenvalue weighted by Gasteiger charge is -2.30. The van der Waals surface area contributed by atoms with Crippen LogP contribution in [0.3, 0.4) is 0 Å². The zero-order chi connectivity index (χ0) is 25.4. The molecule has 4 heterocycles. The summed E-state index contributed by atoms with van der Waals surface area (Å²) in [5.41, 5.74) is 2.76. The first-order chi connectivity index (χ1) is 17.3. The molecule has 0 N–H and O–H groups in total. The molecule has 36 heavy (non-hydrogen) atoms. The summed E-state index contributed by atoms with van der Waals surface area (Å²) in [6, 6.07) is 3.57. The molecule has 7 nitrogen and oxygen atoms in total. The van der Waals surface area contributed by atoms with Crippen molar-refractivity contribution in [3.63, 3.8) is 0 Å². The summed E-state index contributed by atoms with van der Waals surface area (Å²) >= 11 is 0. The number of nitrogens with zero attached hydrogens (tertiary/aromatic N) is 6. The lowest BCUT2D eigenvalue weighted by molar-refractivity contribution is 0.144. The molecular weight excluding hydrogens is 469 g/mol. The zero-order valence-electron chi connectivity index (χ0n) is 20.0. The van der Waals surface area contributed by atoms with E-state index >= 15 is 0 Å². The number of aryl methyl sites for hydroxylation is 2. The molecule has 0 atom stereocenters. The van der Waals surface area contributed by atoms with Crippen molar-refractivity contribution >= 4 is 11.2 Å². The van der Waals surface area contributed by atoms with E-state index < -0.39 is 18.1 Å². The van der Waals surface area contributed by atoms with Crippen LogP contribution >= 0.6 is 0 Å². The van der Waals surface area contributed by atoms with Crippen molar-refractivity contribution in [1.29, 1.82) is 0 Å². The van der Waals surface area contributed by atoms with E-state index in [4.69, 9.17) is 0 Å². The van der Waals surface area contributed by atoms with Gasteiger partial charge in [-0.25, -0.2) is 18.7 Å². The molecular formula is C26H25F3N6O. The van der Waals surface area contributed by atoms with Gasteiger partial charge in [-0.05, 0) is 69.1 Å². The third-order valence-electron chi connectivity index (χ3n) is 7.00. The standard InChI is InChI=1S/C26H25F3N6O/c1-14-7-8-32-24(29)21(14)17-5-3-16(4-6-17)18-11-19-25(34-15(2)12-33-19)35(26(18)36)13-20-22(23(27)28)31-10-9-30-20/h7-12,16-17,23H,3-6,13H2,1-2H3/t16-,17+. The van der Waals surface area contributed by atoms with Gasteiger partial charge >= 0.3 is 0 Å². The van der Waals surface area contributed by atoms with E-state index in [9.17, 15) is 18.0 Å². The van der Waals surface area contributed by atoms with Gasteiger partial charge in [-0.2, -0.15) is 4.39 Å². The number of hydrogen-bond donors (Lipinski definition) is 0. The summed E-state index contributed by atoms with van der Waals surface area (Å²) in [7, 11) is 0. The lowest BCUT2D eigenvalue weighted by atomic mass is 9.75. The van der Waals surface area contributed by atoms with E-state index in [2.05, 4.69) is 24.9 Å². The first-order valence-corrected chi connectivity index (χ1v) is 11.9. The Hall–Kier alpha value is -3.69. The van der Waals surface area contributed by atoms with Gasteiger partial charge in [0.2, 0.25) is 5.95 Å². The summed E-state index contributed by atoms with van der Waals surface area (Å²) in [5, 5.41) is 0. The summed E-state index contributed by atoms with van der Waals surface area (Å²) in [6.07, 6.45) is 5.59. The predicted octanol–water partition coefficient (Wildman–Crippen LogP) is 5.16.